The summed E-state index contributed by atoms with van der Waals surface area (Å²) in [6.07, 6.45) is 4.01. The highest BCUT2D eigenvalue weighted by Gasteiger charge is 2.03. The van der Waals surface area contributed by atoms with E-state index in [-0.39, 0.29) is 0 Å². The normalized spacial score (nSPS) is 10.3. The third kappa shape index (κ3) is 2.21. The summed E-state index contributed by atoms with van der Waals surface area (Å²) in [5.41, 5.74) is 8.01. The van der Waals surface area contributed by atoms with E-state index in [1.807, 2.05) is 51.1 Å². The van der Waals surface area contributed by atoms with Crippen molar-refractivity contribution in [1.29, 1.82) is 0 Å². The molecule has 3 N–H and O–H groups in total. The molecule has 0 aliphatic heterocycles. The van der Waals surface area contributed by atoms with Gasteiger partial charge < -0.3 is 10.7 Å². The lowest BCUT2D eigenvalue weighted by Crippen LogP contribution is -1.85. The molecule has 0 saturated carbocycles. The molecule has 2 rings (SSSR count). The Morgan fingerprint density at radius 2 is 1.87 bits per heavy atom. The number of aromatic nitrogens is 1. The number of aromatic amines is 1. The van der Waals surface area contributed by atoms with Crippen molar-refractivity contribution in [3.05, 3.63) is 35.9 Å². The number of rotatable bonds is 1. The Morgan fingerprint density at radius 1 is 1.20 bits per heavy atom. The maximum absolute atomic E-state index is 5.83. The van der Waals surface area contributed by atoms with Crippen LogP contribution in [-0.2, 0) is 0 Å². The van der Waals surface area contributed by atoms with Gasteiger partial charge >= 0.3 is 0 Å². The number of nitrogens with one attached hydrogen (secondary N) is 1. The molecule has 0 fully saturated rings. The van der Waals surface area contributed by atoms with Crippen LogP contribution >= 0.6 is 0 Å². The Morgan fingerprint density at radius 3 is 2.53 bits per heavy atom. The predicted molar refractivity (Wildman–Crippen MR) is 68.8 cm³/mol. The third-order valence-electron chi connectivity index (χ3n) is 2.11. The molecular formula is C13H18N2. The third-order valence-corrected chi connectivity index (χ3v) is 2.11. The van der Waals surface area contributed by atoms with E-state index in [0.29, 0.717) is 0 Å². The van der Waals surface area contributed by atoms with Gasteiger partial charge in [0.15, 0.2) is 0 Å². The fourth-order valence-electron chi connectivity index (χ4n) is 1.53. The van der Waals surface area contributed by atoms with Crippen LogP contribution in [0.15, 0.2) is 30.3 Å². The number of anilines is 1. The second-order valence-corrected chi connectivity index (χ2v) is 3.00. The maximum Gasteiger partial charge on any atom is 0.109 e. The lowest BCUT2D eigenvalue weighted by molar-refractivity contribution is 1.47. The summed E-state index contributed by atoms with van der Waals surface area (Å²) in [4.78, 5) is 3.14. The van der Waals surface area contributed by atoms with Crippen LogP contribution in [0.4, 0.5) is 5.82 Å². The van der Waals surface area contributed by atoms with Crippen molar-refractivity contribution in [3.63, 3.8) is 0 Å². The number of nitrogens with two attached hydrogens (primary N) is 1. The van der Waals surface area contributed by atoms with Gasteiger partial charge in [-0.05, 0) is 13.0 Å². The molecule has 15 heavy (non-hydrogen) atoms. The number of fused-ring (bicyclic) bond motifs is 1. The summed E-state index contributed by atoms with van der Waals surface area (Å²) in [7, 11) is 0. The summed E-state index contributed by atoms with van der Waals surface area (Å²) in [6.45, 7) is 5.99. The van der Waals surface area contributed by atoms with Crippen LogP contribution in [0.2, 0.25) is 0 Å². The van der Waals surface area contributed by atoms with Gasteiger partial charge in [-0.2, -0.15) is 0 Å². The Kier molecular flexibility index (Phi) is 3.98. The van der Waals surface area contributed by atoms with Gasteiger partial charge in [0.1, 0.15) is 5.82 Å². The van der Waals surface area contributed by atoms with E-state index in [0.717, 1.165) is 16.9 Å². The van der Waals surface area contributed by atoms with Crippen LogP contribution in [0.3, 0.4) is 0 Å². The molecule has 1 aromatic heterocycles. The Bertz CT molecular complexity index is 453. The number of benzene rings is 1. The van der Waals surface area contributed by atoms with Crippen LogP contribution in [0.25, 0.3) is 17.0 Å². The molecule has 2 aromatic rings. The standard InChI is InChI=1S/C11H12N2.C2H6/c1-2-5-9-8-6-3-4-7-10(8)13-11(9)12;1-2/h2-7,13H,12H2,1H3;1-2H3/b5-2-;. The molecule has 0 radical (unpaired) electrons. The van der Waals surface area contributed by atoms with E-state index in [9.17, 15) is 0 Å². The van der Waals surface area contributed by atoms with Crippen LogP contribution < -0.4 is 5.73 Å². The molecule has 0 saturated heterocycles. The molecule has 0 unspecified atom stereocenters. The zero-order valence-electron chi connectivity index (χ0n) is 9.54. The first kappa shape index (κ1) is 11.4. The van der Waals surface area contributed by atoms with Gasteiger partial charge in [0.2, 0.25) is 0 Å². The van der Waals surface area contributed by atoms with Crippen molar-refractivity contribution in [2.75, 3.05) is 5.73 Å². The van der Waals surface area contributed by atoms with E-state index >= 15 is 0 Å². The second kappa shape index (κ2) is 5.25. The summed E-state index contributed by atoms with van der Waals surface area (Å²) in [6, 6.07) is 8.11. The van der Waals surface area contributed by atoms with Crippen LogP contribution in [0.1, 0.15) is 26.3 Å². The highest BCUT2D eigenvalue weighted by atomic mass is 14.8. The smallest absolute Gasteiger partial charge is 0.109 e. The molecule has 80 valence electrons. The fraction of sp³-hybridized carbons (Fsp3) is 0.231. The Labute approximate surface area is 90.8 Å². The lowest BCUT2D eigenvalue weighted by Gasteiger charge is -1.90. The molecule has 2 heteroatoms. The minimum absolute atomic E-state index is 0.735. The van der Waals surface area contributed by atoms with Gasteiger partial charge in [-0.15, -0.1) is 0 Å². The van der Waals surface area contributed by atoms with Crippen molar-refractivity contribution >= 4 is 22.8 Å². The van der Waals surface area contributed by atoms with Crippen molar-refractivity contribution < 1.29 is 0 Å². The van der Waals surface area contributed by atoms with Crippen LogP contribution in [-0.4, -0.2) is 4.98 Å². The van der Waals surface area contributed by atoms with Gasteiger partial charge in [0.25, 0.3) is 0 Å². The molecule has 0 aliphatic rings. The summed E-state index contributed by atoms with van der Waals surface area (Å²) in [5.74, 6) is 0.735. The van der Waals surface area contributed by atoms with E-state index in [1.54, 1.807) is 0 Å². The minimum Gasteiger partial charge on any atom is -0.385 e. The highest BCUT2D eigenvalue weighted by Crippen LogP contribution is 2.24. The number of H-pyrrole nitrogens is 1. The molecule has 0 amide bonds. The molecule has 0 aliphatic carbocycles. The van der Waals surface area contributed by atoms with Crippen molar-refractivity contribution in [3.8, 4) is 0 Å². The maximum atomic E-state index is 5.83. The van der Waals surface area contributed by atoms with Gasteiger partial charge in [-0.25, -0.2) is 0 Å². The van der Waals surface area contributed by atoms with E-state index in [2.05, 4.69) is 11.1 Å². The first-order valence-corrected chi connectivity index (χ1v) is 5.32. The molecule has 0 atom stereocenters. The van der Waals surface area contributed by atoms with Crippen molar-refractivity contribution in [2.45, 2.75) is 20.8 Å². The predicted octanol–water partition coefficient (Wildman–Crippen LogP) is 3.81. The van der Waals surface area contributed by atoms with E-state index in [1.165, 1.54) is 5.39 Å². The average molecular weight is 202 g/mol. The zero-order chi connectivity index (χ0) is 11.3. The summed E-state index contributed by atoms with van der Waals surface area (Å²) in [5, 5.41) is 1.18. The number of hydrogen-bond donors (Lipinski definition) is 2. The number of allylic oxidation sites excluding steroid dienone is 1. The van der Waals surface area contributed by atoms with Gasteiger partial charge in [0.05, 0.1) is 0 Å². The lowest BCUT2D eigenvalue weighted by atomic mass is 10.1. The Hall–Kier alpha value is -1.70. The van der Waals surface area contributed by atoms with E-state index in [4.69, 9.17) is 5.73 Å². The number of hydrogen-bond acceptors (Lipinski definition) is 1. The fourth-order valence-corrected chi connectivity index (χ4v) is 1.53. The Balaban J connectivity index is 0.000000531. The molecule has 1 aromatic carbocycles. The van der Waals surface area contributed by atoms with Gasteiger partial charge in [0, 0.05) is 16.5 Å². The highest BCUT2D eigenvalue weighted by molar-refractivity contribution is 5.94. The topological polar surface area (TPSA) is 41.8 Å². The van der Waals surface area contributed by atoms with Crippen molar-refractivity contribution in [1.82, 2.24) is 4.98 Å². The van der Waals surface area contributed by atoms with Gasteiger partial charge in [-0.1, -0.05) is 44.2 Å². The van der Waals surface area contributed by atoms with Gasteiger partial charge in [-0.3, -0.25) is 0 Å². The first-order chi connectivity index (χ1) is 7.33. The summed E-state index contributed by atoms with van der Waals surface area (Å²) < 4.78 is 0. The molecule has 0 spiro atoms. The van der Waals surface area contributed by atoms with Crippen molar-refractivity contribution in [2.24, 2.45) is 0 Å². The molecule has 2 nitrogen and oxygen atoms in total. The zero-order valence-corrected chi connectivity index (χ0v) is 9.54. The number of nitrogen functional groups attached to an aromatic ring is 1. The monoisotopic (exact) mass is 202 g/mol. The summed E-state index contributed by atoms with van der Waals surface area (Å²) >= 11 is 0. The molecular weight excluding hydrogens is 184 g/mol. The van der Waals surface area contributed by atoms with Crippen LogP contribution in [0.5, 0.6) is 0 Å². The molecule has 1 heterocycles. The first-order valence-electron chi connectivity index (χ1n) is 5.32. The molecule has 0 bridgehead atoms. The SMILES string of the molecule is C/C=C\c1c(N)[nH]c2ccccc12.CC. The minimum atomic E-state index is 0.735. The quantitative estimate of drug-likeness (QED) is 0.725. The largest absolute Gasteiger partial charge is 0.385 e. The van der Waals surface area contributed by atoms with Crippen LogP contribution in [0, 0.1) is 0 Å². The second-order valence-electron chi connectivity index (χ2n) is 3.00. The average Bonchev–Trinajstić information content (AvgIpc) is 2.59. The van der Waals surface area contributed by atoms with E-state index < -0.39 is 0 Å². The number of para-hydroxylation sites is 1.